The van der Waals surface area contributed by atoms with E-state index >= 15 is 0 Å². The lowest BCUT2D eigenvalue weighted by molar-refractivity contribution is -0.931. The number of nitrogens with zero attached hydrogens (tertiary/aromatic N) is 2. The summed E-state index contributed by atoms with van der Waals surface area (Å²) in [5, 5.41) is 0. The van der Waals surface area contributed by atoms with Gasteiger partial charge < -0.3 is 21.5 Å². The van der Waals surface area contributed by atoms with Gasteiger partial charge in [-0.3, -0.25) is 14.5 Å². The van der Waals surface area contributed by atoms with Crippen LogP contribution < -0.4 is 17.0 Å². The highest BCUT2D eigenvalue weighted by Gasteiger charge is 2.63. The molecule has 1 atom stereocenters. The summed E-state index contributed by atoms with van der Waals surface area (Å²) in [6.45, 7) is 5.68. The van der Waals surface area contributed by atoms with E-state index in [-0.39, 0.29) is 34.2 Å². The number of amides is 2. The monoisotopic (exact) mass is 316 g/mol. The van der Waals surface area contributed by atoms with Gasteiger partial charge in [-0.15, -0.1) is 0 Å². The van der Waals surface area contributed by atoms with E-state index in [1.807, 2.05) is 6.92 Å². The van der Waals surface area contributed by atoms with E-state index in [1.165, 1.54) is 18.0 Å². The molecule has 4 fully saturated rings. The maximum atomic E-state index is 12.6. The van der Waals surface area contributed by atoms with E-state index in [9.17, 15) is 9.59 Å². The first-order chi connectivity index (χ1) is 8.01. The van der Waals surface area contributed by atoms with Crippen LogP contribution in [0.5, 0.6) is 0 Å². The van der Waals surface area contributed by atoms with Crippen molar-refractivity contribution in [1.29, 1.82) is 0 Å². The topological polar surface area (TPSA) is 37.4 Å². The third-order valence-corrected chi connectivity index (χ3v) is 5.24. The molecule has 0 saturated carbocycles. The van der Waals surface area contributed by atoms with Crippen molar-refractivity contribution < 1.29 is 31.1 Å². The molecule has 2 amide bonds. The second-order valence-electron chi connectivity index (χ2n) is 6.28. The van der Waals surface area contributed by atoms with Crippen molar-refractivity contribution in [3.63, 3.8) is 0 Å². The number of carbonyl (C=O) groups is 2. The summed E-state index contributed by atoms with van der Waals surface area (Å²) in [4.78, 5) is 26.0. The number of halogens is 1. The molecule has 0 aromatic carbocycles. The smallest absolute Gasteiger partial charge is 0.241 e. The molecule has 0 aromatic heterocycles. The summed E-state index contributed by atoms with van der Waals surface area (Å²) < 4.78 is 0.993. The summed E-state index contributed by atoms with van der Waals surface area (Å²) in [7, 11) is 2.24. The number of imide groups is 1. The second kappa shape index (κ2) is 4.30. The van der Waals surface area contributed by atoms with Gasteiger partial charge in [-0.1, -0.05) is 0 Å². The summed E-state index contributed by atoms with van der Waals surface area (Å²) in [5.74, 6) is 0.632. The maximum Gasteiger partial charge on any atom is 0.241 e. The van der Waals surface area contributed by atoms with E-state index < -0.39 is 0 Å². The van der Waals surface area contributed by atoms with Crippen LogP contribution in [0.25, 0.3) is 0 Å². The van der Waals surface area contributed by atoms with Gasteiger partial charge in [-0.25, -0.2) is 0 Å². The molecule has 1 spiro atoms. The Morgan fingerprint density at radius 1 is 1.33 bits per heavy atom. The fraction of sp³-hybridized carbons (Fsp3) is 0.846. The van der Waals surface area contributed by atoms with Crippen molar-refractivity contribution in [1.82, 2.24) is 4.90 Å². The predicted octanol–water partition coefficient (Wildman–Crippen LogP) is -2.37. The lowest BCUT2D eigenvalue weighted by atomic mass is 9.64. The average molecular weight is 317 g/mol. The molecule has 0 radical (unpaired) electrons. The van der Waals surface area contributed by atoms with Crippen molar-refractivity contribution in [2.75, 3.05) is 33.2 Å². The highest BCUT2D eigenvalue weighted by Crippen LogP contribution is 2.51. The standard InChI is InChI=1S/C13H21N2O2.BrH/c1-3-14-11(16)8-13(12(14)17)9-15(2)6-4-10(13)5-7-15;/h10H,3-9H2,1-2H3;1H/q+1;/p-1. The third-order valence-electron chi connectivity index (χ3n) is 5.24. The van der Waals surface area contributed by atoms with Crippen molar-refractivity contribution in [3.05, 3.63) is 0 Å². The number of hydrogen-bond donors (Lipinski definition) is 0. The molecule has 5 heteroatoms. The van der Waals surface area contributed by atoms with Gasteiger partial charge in [-0.05, 0) is 12.8 Å². The van der Waals surface area contributed by atoms with Gasteiger partial charge in [0.1, 0.15) is 5.41 Å². The zero-order valence-electron chi connectivity index (χ0n) is 11.1. The SMILES string of the molecule is CCN1C(=O)CC2(C[N+]3(C)CCC2CC3)C1=O.[Br-]. The molecule has 4 aliphatic rings. The zero-order valence-corrected chi connectivity index (χ0v) is 12.7. The molecular weight excluding hydrogens is 296 g/mol. The molecule has 1 unspecified atom stereocenters. The molecule has 102 valence electrons. The Kier molecular flexibility index (Phi) is 3.35. The summed E-state index contributed by atoms with van der Waals surface area (Å²) in [6.07, 6.45) is 2.71. The summed E-state index contributed by atoms with van der Waals surface area (Å²) >= 11 is 0. The first kappa shape index (κ1) is 14.0. The van der Waals surface area contributed by atoms with Crippen molar-refractivity contribution in [2.45, 2.75) is 26.2 Å². The predicted molar refractivity (Wildman–Crippen MR) is 63.0 cm³/mol. The normalized spacial score (nSPS) is 42.6. The van der Waals surface area contributed by atoms with E-state index in [0.717, 1.165) is 23.9 Å². The van der Waals surface area contributed by atoms with E-state index in [2.05, 4.69) is 7.05 Å². The molecule has 0 N–H and O–H groups in total. The van der Waals surface area contributed by atoms with E-state index in [0.29, 0.717) is 18.9 Å². The van der Waals surface area contributed by atoms with E-state index in [1.54, 1.807) is 0 Å². The van der Waals surface area contributed by atoms with Gasteiger partial charge in [0.15, 0.2) is 0 Å². The van der Waals surface area contributed by atoms with Crippen molar-refractivity contribution >= 4 is 11.8 Å². The Morgan fingerprint density at radius 2 is 1.94 bits per heavy atom. The highest BCUT2D eigenvalue weighted by molar-refractivity contribution is 6.06. The average Bonchev–Trinajstić information content (AvgIpc) is 2.50. The van der Waals surface area contributed by atoms with Crippen LogP contribution >= 0.6 is 0 Å². The van der Waals surface area contributed by atoms with Gasteiger partial charge in [0, 0.05) is 25.8 Å². The first-order valence-electron chi connectivity index (χ1n) is 6.69. The van der Waals surface area contributed by atoms with Gasteiger partial charge in [0.2, 0.25) is 11.8 Å². The van der Waals surface area contributed by atoms with Crippen molar-refractivity contribution in [2.24, 2.45) is 11.3 Å². The molecule has 0 aromatic rings. The van der Waals surface area contributed by atoms with Crippen LogP contribution in [0.4, 0.5) is 0 Å². The Bertz CT molecular complexity index is 390. The minimum Gasteiger partial charge on any atom is -1.00 e. The van der Waals surface area contributed by atoms with Crippen LogP contribution in [0.15, 0.2) is 0 Å². The first-order valence-corrected chi connectivity index (χ1v) is 6.69. The van der Waals surface area contributed by atoms with Gasteiger partial charge in [0.25, 0.3) is 0 Å². The number of fused-ring (bicyclic) bond motifs is 2. The Labute approximate surface area is 119 Å². The molecule has 4 saturated heterocycles. The van der Waals surface area contributed by atoms with E-state index in [4.69, 9.17) is 0 Å². The zero-order chi connectivity index (χ0) is 12.3. The number of rotatable bonds is 1. The molecule has 2 bridgehead atoms. The van der Waals surface area contributed by atoms with Gasteiger partial charge >= 0.3 is 0 Å². The van der Waals surface area contributed by atoms with Gasteiger partial charge in [0.05, 0.1) is 26.7 Å². The van der Waals surface area contributed by atoms with Crippen LogP contribution in [0.2, 0.25) is 0 Å². The molecule has 4 heterocycles. The Hall–Kier alpha value is -0.420. The number of hydrogen-bond acceptors (Lipinski definition) is 2. The molecule has 4 aliphatic heterocycles. The quantitative estimate of drug-likeness (QED) is 0.400. The molecular formula is C13H21BrN2O2. The summed E-state index contributed by atoms with van der Waals surface area (Å²) in [5.41, 5.74) is -0.335. The number of carbonyl (C=O) groups excluding carboxylic acids is 2. The highest BCUT2D eigenvalue weighted by atomic mass is 79.9. The maximum absolute atomic E-state index is 12.6. The molecule has 4 rings (SSSR count). The fourth-order valence-corrected chi connectivity index (χ4v) is 4.30. The Balaban J connectivity index is 0.00000120. The van der Waals surface area contributed by atoms with Crippen LogP contribution in [0.3, 0.4) is 0 Å². The van der Waals surface area contributed by atoms with Crippen LogP contribution in [-0.4, -0.2) is 54.4 Å². The number of piperidine rings is 3. The van der Waals surface area contributed by atoms with Crippen LogP contribution in [-0.2, 0) is 9.59 Å². The molecule has 0 aliphatic carbocycles. The van der Waals surface area contributed by atoms with Crippen molar-refractivity contribution in [3.8, 4) is 0 Å². The van der Waals surface area contributed by atoms with Crippen LogP contribution in [0, 0.1) is 11.3 Å². The lowest BCUT2D eigenvalue weighted by Crippen LogP contribution is -3.00. The molecule has 4 nitrogen and oxygen atoms in total. The minimum atomic E-state index is -0.335. The lowest BCUT2D eigenvalue weighted by Gasteiger charge is -2.54. The summed E-state index contributed by atoms with van der Waals surface area (Å²) in [6, 6.07) is 0. The Morgan fingerprint density at radius 3 is 2.39 bits per heavy atom. The third kappa shape index (κ3) is 1.67. The largest absolute Gasteiger partial charge is 1.00 e. The number of likely N-dealkylation sites (tertiary alicyclic amines) is 1. The number of quaternary nitrogens is 1. The molecule has 18 heavy (non-hydrogen) atoms. The second-order valence-corrected chi connectivity index (χ2v) is 6.28. The minimum absolute atomic E-state index is 0. The fourth-order valence-electron chi connectivity index (χ4n) is 4.30. The van der Waals surface area contributed by atoms with Gasteiger partial charge in [-0.2, -0.15) is 0 Å². The van der Waals surface area contributed by atoms with Crippen LogP contribution in [0.1, 0.15) is 26.2 Å².